The molecular weight excluding hydrogens is 350 g/mol. The van der Waals surface area contributed by atoms with Crippen molar-refractivity contribution >= 4 is 17.6 Å². The number of aromatic nitrogens is 4. The zero-order chi connectivity index (χ0) is 19.1. The monoisotopic (exact) mass is 367 g/mol. The number of carbonyl (C=O) groups excluding carboxylic acids is 2. The molecule has 1 aromatic heterocycles. The molecule has 3 rings (SSSR count). The van der Waals surface area contributed by atoms with Crippen LogP contribution in [0.4, 0.5) is 5.69 Å². The van der Waals surface area contributed by atoms with E-state index in [1.165, 1.54) is 18.1 Å². The first-order valence-corrected chi connectivity index (χ1v) is 8.06. The highest BCUT2D eigenvalue weighted by molar-refractivity contribution is 5.96. The number of hydrogen-bond donors (Lipinski definition) is 1. The van der Waals surface area contributed by atoms with E-state index in [4.69, 9.17) is 9.47 Å². The lowest BCUT2D eigenvalue weighted by atomic mass is 10.1. The van der Waals surface area contributed by atoms with Crippen LogP contribution in [0.3, 0.4) is 0 Å². The lowest BCUT2D eigenvalue weighted by molar-refractivity contribution is -0.155. The SMILES string of the molecule is COc1cccc(NC(=O)[C@H](OC(=O)Cn2cnnn2)c2ccccc2)c1. The van der Waals surface area contributed by atoms with Crippen LogP contribution in [0.1, 0.15) is 11.7 Å². The lowest BCUT2D eigenvalue weighted by Crippen LogP contribution is -2.27. The first-order chi connectivity index (χ1) is 13.2. The molecule has 3 aromatic rings. The molecule has 0 aliphatic carbocycles. The largest absolute Gasteiger partial charge is 0.497 e. The number of nitrogens with one attached hydrogen (secondary N) is 1. The minimum Gasteiger partial charge on any atom is -0.497 e. The molecule has 0 spiro atoms. The predicted molar refractivity (Wildman–Crippen MR) is 94.7 cm³/mol. The first-order valence-electron chi connectivity index (χ1n) is 8.06. The summed E-state index contributed by atoms with van der Waals surface area (Å²) in [5.74, 6) is -0.531. The molecule has 9 nitrogen and oxygen atoms in total. The summed E-state index contributed by atoms with van der Waals surface area (Å²) in [7, 11) is 1.54. The minimum absolute atomic E-state index is 0.206. The number of hydrogen-bond acceptors (Lipinski definition) is 7. The third-order valence-electron chi connectivity index (χ3n) is 3.61. The van der Waals surface area contributed by atoms with Gasteiger partial charge >= 0.3 is 5.97 Å². The average molecular weight is 367 g/mol. The van der Waals surface area contributed by atoms with Crippen LogP contribution < -0.4 is 10.1 Å². The van der Waals surface area contributed by atoms with Gasteiger partial charge in [-0.05, 0) is 22.6 Å². The summed E-state index contributed by atoms with van der Waals surface area (Å²) in [4.78, 5) is 25.0. The number of methoxy groups -OCH3 is 1. The maximum atomic E-state index is 12.8. The van der Waals surface area contributed by atoms with Gasteiger partial charge in [0.25, 0.3) is 5.91 Å². The van der Waals surface area contributed by atoms with Crippen LogP contribution >= 0.6 is 0 Å². The van der Waals surface area contributed by atoms with Gasteiger partial charge < -0.3 is 14.8 Å². The third-order valence-corrected chi connectivity index (χ3v) is 3.61. The van der Waals surface area contributed by atoms with Gasteiger partial charge in [0, 0.05) is 17.3 Å². The van der Waals surface area contributed by atoms with E-state index in [1.807, 2.05) is 6.07 Å². The van der Waals surface area contributed by atoms with Crippen molar-refractivity contribution in [1.82, 2.24) is 20.2 Å². The molecule has 0 aliphatic heterocycles. The van der Waals surface area contributed by atoms with E-state index in [0.717, 1.165) is 0 Å². The van der Waals surface area contributed by atoms with Gasteiger partial charge in [0.2, 0.25) is 6.10 Å². The smallest absolute Gasteiger partial charge is 0.329 e. The Labute approximate surface area is 154 Å². The van der Waals surface area contributed by atoms with Gasteiger partial charge in [-0.15, -0.1) is 5.10 Å². The van der Waals surface area contributed by atoms with Crippen LogP contribution in [0, 0.1) is 0 Å². The summed E-state index contributed by atoms with van der Waals surface area (Å²) in [5.41, 5.74) is 1.07. The molecule has 1 heterocycles. The number of nitrogens with zero attached hydrogens (tertiary/aromatic N) is 4. The molecule has 1 atom stereocenters. The number of amides is 1. The van der Waals surface area contributed by atoms with Gasteiger partial charge in [-0.25, -0.2) is 4.68 Å². The van der Waals surface area contributed by atoms with E-state index >= 15 is 0 Å². The summed E-state index contributed by atoms with van der Waals surface area (Å²) in [5, 5.41) is 13.3. The van der Waals surface area contributed by atoms with E-state index in [0.29, 0.717) is 17.0 Å². The minimum atomic E-state index is -1.12. The van der Waals surface area contributed by atoms with Crippen molar-refractivity contribution in [2.45, 2.75) is 12.6 Å². The van der Waals surface area contributed by atoms with E-state index in [9.17, 15) is 9.59 Å². The second kappa shape index (κ2) is 8.56. The first kappa shape index (κ1) is 18.1. The Hall–Kier alpha value is -3.75. The van der Waals surface area contributed by atoms with E-state index in [-0.39, 0.29) is 6.54 Å². The van der Waals surface area contributed by atoms with Crippen LogP contribution in [0.25, 0.3) is 0 Å². The number of rotatable bonds is 7. The van der Waals surface area contributed by atoms with Gasteiger partial charge in [-0.2, -0.15) is 0 Å². The zero-order valence-corrected chi connectivity index (χ0v) is 14.5. The molecule has 0 bridgehead atoms. The van der Waals surface area contributed by atoms with Crippen molar-refractivity contribution in [1.29, 1.82) is 0 Å². The number of carbonyl (C=O) groups is 2. The molecule has 0 unspecified atom stereocenters. The van der Waals surface area contributed by atoms with Crippen molar-refractivity contribution < 1.29 is 19.1 Å². The maximum absolute atomic E-state index is 12.8. The normalized spacial score (nSPS) is 11.4. The number of anilines is 1. The topological polar surface area (TPSA) is 108 Å². The van der Waals surface area contributed by atoms with Crippen molar-refractivity contribution in [3.63, 3.8) is 0 Å². The van der Waals surface area contributed by atoms with E-state index in [1.54, 1.807) is 48.5 Å². The van der Waals surface area contributed by atoms with Gasteiger partial charge in [0.1, 0.15) is 18.6 Å². The Morgan fingerprint density at radius 1 is 1.15 bits per heavy atom. The summed E-state index contributed by atoms with van der Waals surface area (Å²) in [6.45, 7) is -0.206. The molecule has 138 valence electrons. The molecule has 9 heteroatoms. The summed E-state index contributed by atoms with van der Waals surface area (Å²) < 4.78 is 11.8. The van der Waals surface area contributed by atoms with Gasteiger partial charge in [-0.3, -0.25) is 9.59 Å². The number of esters is 1. The number of ether oxygens (including phenoxy) is 2. The highest BCUT2D eigenvalue weighted by Gasteiger charge is 2.25. The number of benzene rings is 2. The lowest BCUT2D eigenvalue weighted by Gasteiger charge is -2.18. The molecule has 1 N–H and O–H groups in total. The molecule has 0 saturated heterocycles. The highest BCUT2D eigenvalue weighted by Crippen LogP contribution is 2.22. The fourth-order valence-electron chi connectivity index (χ4n) is 2.36. The number of tetrazole rings is 1. The fraction of sp³-hybridized carbons (Fsp3) is 0.167. The summed E-state index contributed by atoms with van der Waals surface area (Å²) >= 11 is 0. The Morgan fingerprint density at radius 2 is 1.96 bits per heavy atom. The Kier molecular flexibility index (Phi) is 5.73. The van der Waals surface area contributed by atoms with Gasteiger partial charge in [-0.1, -0.05) is 36.4 Å². The molecule has 0 saturated carbocycles. The van der Waals surface area contributed by atoms with Crippen LogP contribution in [-0.4, -0.2) is 39.2 Å². The standard InChI is InChI=1S/C18H17N5O4/c1-26-15-9-5-8-14(10-15)20-18(25)17(13-6-3-2-4-7-13)27-16(24)11-23-12-19-21-22-23/h2-10,12,17H,11H2,1H3,(H,20,25)/t17-/m1/s1. The van der Waals surface area contributed by atoms with E-state index < -0.39 is 18.0 Å². The van der Waals surface area contributed by atoms with Crippen LogP contribution in [-0.2, 0) is 20.9 Å². The fourth-order valence-corrected chi connectivity index (χ4v) is 2.36. The molecule has 2 aromatic carbocycles. The highest BCUT2D eigenvalue weighted by atomic mass is 16.5. The Balaban J connectivity index is 1.76. The Bertz CT molecular complexity index is 899. The van der Waals surface area contributed by atoms with Crippen LogP contribution in [0.5, 0.6) is 5.75 Å². The van der Waals surface area contributed by atoms with Crippen molar-refractivity contribution in [2.75, 3.05) is 12.4 Å². The molecular formula is C18H17N5O4. The Morgan fingerprint density at radius 3 is 2.67 bits per heavy atom. The zero-order valence-electron chi connectivity index (χ0n) is 14.5. The van der Waals surface area contributed by atoms with Gasteiger partial charge in [0.05, 0.1) is 7.11 Å². The second-order valence-electron chi connectivity index (χ2n) is 5.51. The molecule has 1 amide bonds. The summed E-state index contributed by atoms with van der Waals surface area (Å²) in [6, 6.07) is 15.6. The van der Waals surface area contributed by atoms with Crippen molar-refractivity contribution in [2.24, 2.45) is 0 Å². The molecule has 27 heavy (non-hydrogen) atoms. The van der Waals surface area contributed by atoms with Gasteiger partial charge in [0.15, 0.2) is 0 Å². The van der Waals surface area contributed by atoms with Crippen LogP contribution in [0.15, 0.2) is 60.9 Å². The maximum Gasteiger partial charge on any atom is 0.329 e. The van der Waals surface area contributed by atoms with Crippen molar-refractivity contribution in [3.05, 3.63) is 66.5 Å². The quantitative estimate of drug-likeness (QED) is 0.632. The molecule has 0 aliphatic rings. The molecule has 0 radical (unpaired) electrons. The van der Waals surface area contributed by atoms with Crippen molar-refractivity contribution in [3.8, 4) is 5.75 Å². The predicted octanol–water partition coefficient (Wildman–Crippen LogP) is 1.60. The summed E-state index contributed by atoms with van der Waals surface area (Å²) in [6.07, 6.45) is 0.163. The van der Waals surface area contributed by atoms with E-state index in [2.05, 4.69) is 20.8 Å². The molecule has 0 fully saturated rings. The van der Waals surface area contributed by atoms with Crippen LogP contribution in [0.2, 0.25) is 0 Å². The second-order valence-corrected chi connectivity index (χ2v) is 5.51. The average Bonchev–Trinajstić information content (AvgIpc) is 3.19. The third kappa shape index (κ3) is 4.88.